The van der Waals surface area contributed by atoms with Crippen LogP contribution in [0.1, 0.15) is 11.1 Å². The molecule has 0 atom stereocenters. The van der Waals surface area contributed by atoms with Gasteiger partial charge in [0.05, 0.1) is 12.2 Å². The minimum atomic E-state index is 0.0542. The Bertz CT molecular complexity index is 657. The second kappa shape index (κ2) is 6.58. The molecule has 0 unspecified atom stereocenters. The molecule has 1 heterocycles. The Morgan fingerprint density at radius 3 is 2.62 bits per heavy atom. The molecule has 3 rings (SSSR count). The van der Waals surface area contributed by atoms with Crippen LogP contribution in [-0.2, 0) is 17.8 Å². The average molecular weight is 392 g/mol. The largest absolute Gasteiger partial charge is 0.324 e. The maximum Gasteiger partial charge on any atom is 0.238 e. The first-order valence-corrected chi connectivity index (χ1v) is 8.14. The van der Waals surface area contributed by atoms with Crippen LogP contribution >= 0.6 is 22.6 Å². The predicted molar refractivity (Wildman–Crippen MR) is 93.2 cm³/mol. The first kappa shape index (κ1) is 14.5. The van der Waals surface area contributed by atoms with Gasteiger partial charge in [0.2, 0.25) is 5.91 Å². The third-order valence-corrected chi connectivity index (χ3v) is 4.67. The summed E-state index contributed by atoms with van der Waals surface area (Å²) < 4.78 is 1.06. The van der Waals surface area contributed by atoms with Crippen LogP contribution in [0.15, 0.2) is 48.5 Å². The molecule has 0 aromatic heterocycles. The number of nitrogens with zero attached hydrogens (tertiary/aromatic N) is 1. The topological polar surface area (TPSA) is 32.3 Å². The fourth-order valence-electron chi connectivity index (χ4n) is 2.64. The number of benzene rings is 2. The summed E-state index contributed by atoms with van der Waals surface area (Å²) in [5.74, 6) is 0.0542. The van der Waals surface area contributed by atoms with Gasteiger partial charge in [0.25, 0.3) is 0 Å². The Morgan fingerprint density at radius 2 is 1.81 bits per heavy atom. The highest BCUT2D eigenvalue weighted by atomic mass is 127. The zero-order valence-electron chi connectivity index (χ0n) is 11.7. The number of hydrogen-bond acceptors (Lipinski definition) is 2. The van der Waals surface area contributed by atoms with Crippen LogP contribution in [0.4, 0.5) is 5.69 Å². The summed E-state index contributed by atoms with van der Waals surface area (Å²) in [4.78, 5) is 14.4. The van der Waals surface area contributed by atoms with E-state index in [1.54, 1.807) is 0 Å². The predicted octanol–water partition coefficient (Wildman–Crippen LogP) is 3.29. The Kier molecular flexibility index (Phi) is 4.55. The Morgan fingerprint density at radius 1 is 1.10 bits per heavy atom. The van der Waals surface area contributed by atoms with Crippen molar-refractivity contribution < 1.29 is 4.79 Å². The number of hydrogen-bond donors (Lipinski definition) is 1. The van der Waals surface area contributed by atoms with E-state index in [4.69, 9.17) is 0 Å². The Labute approximate surface area is 138 Å². The van der Waals surface area contributed by atoms with Gasteiger partial charge < -0.3 is 5.32 Å². The second-order valence-electron chi connectivity index (χ2n) is 5.26. The molecule has 4 heteroatoms. The third-order valence-electron chi connectivity index (χ3n) is 3.72. The Balaban J connectivity index is 1.60. The lowest BCUT2D eigenvalue weighted by atomic mass is 10.00. The van der Waals surface area contributed by atoms with Crippen LogP contribution in [0.3, 0.4) is 0 Å². The number of amides is 1. The van der Waals surface area contributed by atoms with Gasteiger partial charge in [0, 0.05) is 16.7 Å². The molecule has 0 saturated carbocycles. The summed E-state index contributed by atoms with van der Waals surface area (Å²) in [5.41, 5.74) is 3.64. The summed E-state index contributed by atoms with van der Waals surface area (Å²) in [6, 6.07) is 16.3. The number of rotatable bonds is 3. The van der Waals surface area contributed by atoms with E-state index in [1.807, 2.05) is 24.3 Å². The van der Waals surface area contributed by atoms with Crippen molar-refractivity contribution in [2.45, 2.75) is 13.0 Å². The lowest BCUT2D eigenvalue weighted by Gasteiger charge is -2.28. The molecule has 0 aliphatic carbocycles. The van der Waals surface area contributed by atoms with Gasteiger partial charge in [-0.3, -0.25) is 9.69 Å². The summed E-state index contributed by atoms with van der Waals surface area (Å²) in [7, 11) is 0. The van der Waals surface area contributed by atoms with Crippen molar-refractivity contribution in [3.63, 3.8) is 0 Å². The summed E-state index contributed by atoms with van der Waals surface area (Å²) in [6.45, 7) is 2.24. The van der Waals surface area contributed by atoms with Gasteiger partial charge in [-0.05, 0) is 52.3 Å². The normalized spacial score (nSPS) is 14.5. The van der Waals surface area contributed by atoms with Crippen molar-refractivity contribution in [3.05, 3.63) is 63.2 Å². The molecule has 0 spiro atoms. The number of para-hydroxylation sites is 1. The van der Waals surface area contributed by atoms with Crippen molar-refractivity contribution in [2.24, 2.45) is 0 Å². The molecule has 0 fully saturated rings. The van der Waals surface area contributed by atoms with E-state index in [2.05, 4.69) is 57.1 Å². The second-order valence-corrected chi connectivity index (χ2v) is 6.42. The van der Waals surface area contributed by atoms with E-state index >= 15 is 0 Å². The highest BCUT2D eigenvalue weighted by Gasteiger charge is 2.18. The van der Waals surface area contributed by atoms with Gasteiger partial charge in [-0.25, -0.2) is 0 Å². The zero-order chi connectivity index (χ0) is 14.7. The lowest BCUT2D eigenvalue weighted by molar-refractivity contribution is -0.117. The van der Waals surface area contributed by atoms with Crippen LogP contribution in [0, 0.1) is 3.57 Å². The van der Waals surface area contributed by atoms with E-state index in [-0.39, 0.29) is 5.91 Å². The molecule has 1 aliphatic rings. The molecule has 0 bridgehead atoms. The van der Waals surface area contributed by atoms with E-state index in [0.717, 1.165) is 28.8 Å². The van der Waals surface area contributed by atoms with Gasteiger partial charge in [0.15, 0.2) is 0 Å². The van der Waals surface area contributed by atoms with Crippen LogP contribution in [0.5, 0.6) is 0 Å². The number of nitrogens with one attached hydrogen (secondary N) is 1. The molecule has 2 aromatic carbocycles. The van der Waals surface area contributed by atoms with E-state index < -0.39 is 0 Å². The number of carbonyl (C=O) groups is 1. The van der Waals surface area contributed by atoms with Crippen LogP contribution in [0.25, 0.3) is 0 Å². The fraction of sp³-hybridized carbons (Fsp3) is 0.235. The van der Waals surface area contributed by atoms with Crippen molar-refractivity contribution in [3.8, 4) is 0 Å². The van der Waals surface area contributed by atoms with Crippen molar-refractivity contribution in [2.75, 3.05) is 18.4 Å². The number of fused-ring (bicyclic) bond motifs is 1. The standard InChI is InChI=1S/C17H17IN2O/c18-15-7-3-4-8-16(15)19-17(21)12-20-10-9-13-5-1-2-6-14(13)11-20/h1-8H,9-12H2,(H,19,21). The molecular weight excluding hydrogens is 375 g/mol. The molecule has 108 valence electrons. The fourth-order valence-corrected chi connectivity index (χ4v) is 3.17. The van der Waals surface area contributed by atoms with Crippen molar-refractivity contribution >= 4 is 34.2 Å². The van der Waals surface area contributed by atoms with Crippen LogP contribution in [-0.4, -0.2) is 23.9 Å². The number of anilines is 1. The van der Waals surface area contributed by atoms with Crippen molar-refractivity contribution in [1.82, 2.24) is 4.90 Å². The minimum Gasteiger partial charge on any atom is -0.324 e. The third kappa shape index (κ3) is 3.63. The van der Waals surface area contributed by atoms with E-state index in [0.29, 0.717) is 6.54 Å². The van der Waals surface area contributed by atoms with E-state index in [9.17, 15) is 4.79 Å². The molecule has 1 aliphatic heterocycles. The smallest absolute Gasteiger partial charge is 0.238 e. The quantitative estimate of drug-likeness (QED) is 0.814. The van der Waals surface area contributed by atoms with E-state index in [1.165, 1.54) is 11.1 Å². The minimum absolute atomic E-state index is 0.0542. The van der Waals surface area contributed by atoms with Crippen molar-refractivity contribution in [1.29, 1.82) is 0 Å². The molecule has 0 saturated heterocycles. The van der Waals surface area contributed by atoms with Crippen LogP contribution in [0.2, 0.25) is 0 Å². The first-order valence-electron chi connectivity index (χ1n) is 7.06. The van der Waals surface area contributed by atoms with Gasteiger partial charge in [-0.15, -0.1) is 0 Å². The SMILES string of the molecule is O=C(CN1CCc2ccccc2C1)Nc1ccccc1I. The molecule has 21 heavy (non-hydrogen) atoms. The summed E-state index contributed by atoms with van der Waals surface area (Å²) >= 11 is 2.24. The van der Waals surface area contributed by atoms with Crippen LogP contribution < -0.4 is 5.32 Å². The maximum absolute atomic E-state index is 12.2. The van der Waals surface area contributed by atoms with Gasteiger partial charge >= 0.3 is 0 Å². The summed E-state index contributed by atoms with van der Waals surface area (Å²) in [6.07, 6.45) is 1.02. The van der Waals surface area contributed by atoms with Gasteiger partial charge in [-0.1, -0.05) is 36.4 Å². The van der Waals surface area contributed by atoms with Gasteiger partial charge in [-0.2, -0.15) is 0 Å². The Hall–Kier alpha value is -1.40. The highest BCUT2D eigenvalue weighted by molar-refractivity contribution is 14.1. The molecule has 1 amide bonds. The number of carbonyl (C=O) groups excluding carboxylic acids is 1. The maximum atomic E-state index is 12.2. The molecule has 3 nitrogen and oxygen atoms in total. The monoisotopic (exact) mass is 392 g/mol. The lowest BCUT2D eigenvalue weighted by Crippen LogP contribution is -2.37. The highest BCUT2D eigenvalue weighted by Crippen LogP contribution is 2.19. The zero-order valence-corrected chi connectivity index (χ0v) is 13.8. The molecular formula is C17H17IN2O. The molecule has 2 aromatic rings. The van der Waals surface area contributed by atoms with Gasteiger partial charge in [0.1, 0.15) is 0 Å². The molecule has 1 N–H and O–H groups in total. The first-order chi connectivity index (χ1) is 10.2. The molecule has 0 radical (unpaired) electrons. The summed E-state index contributed by atoms with van der Waals surface area (Å²) in [5, 5.41) is 2.99. The number of halogens is 1. The average Bonchev–Trinajstić information content (AvgIpc) is 2.49.